The van der Waals surface area contributed by atoms with Gasteiger partial charge in [0.25, 0.3) is 0 Å². The second-order valence-corrected chi connectivity index (χ2v) is 4.26. The molecule has 0 aliphatic heterocycles. The van der Waals surface area contributed by atoms with E-state index in [0.717, 1.165) is 6.07 Å². The van der Waals surface area contributed by atoms with Gasteiger partial charge in [0.05, 0.1) is 11.3 Å². The lowest BCUT2D eigenvalue weighted by atomic mass is 10.0. The van der Waals surface area contributed by atoms with Gasteiger partial charge in [0.2, 0.25) is 0 Å². The van der Waals surface area contributed by atoms with E-state index in [1.54, 1.807) is 13.0 Å². The molecule has 1 N–H and O–H groups in total. The van der Waals surface area contributed by atoms with Crippen molar-refractivity contribution in [2.24, 2.45) is 0 Å². The van der Waals surface area contributed by atoms with E-state index in [1.165, 1.54) is 18.2 Å². The standard InChI is InChI=1S/C14H14F3N3/c1-3-18-13-8-12(19-9(2)20-13)10-6-4-5-7-11(10)14(15,16)17/h4-8H,3H2,1-2H3,(H,18,19,20). The Kier molecular flexibility index (Phi) is 3.92. The number of aryl methyl sites for hydroxylation is 1. The Labute approximate surface area is 114 Å². The topological polar surface area (TPSA) is 37.8 Å². The number of nitrogens with zero attached hydrogens (tertiary/aromatic N) is 2. The van der Waals surface area contributed by atoms with Crippen molar-refractivity contribution in [2.45, 2.75) is 20.0 Å². The number of rotatable bonds is 3. The van der Waals surface area contributed by atoms with Gasteiger partial charge in [0.1, 0.15) is 11.6 Å². The Morgan fingerprint density at radius 3 is 2.50 bits per heavy atom. The predicted molar refractivity (Wildman–Crippen MR) is 71.4 cm³/mol. The summed E-state index contributed by atoms with van der Waals surface area (Å²) in [7, 11) is 0. The fourth-order valence-electron chi connectivity index (χ4n) is 1.93. The summed E-state index contributed by atoms with van der Waals surface area (Å²) in [5, 5.41) is 2.98. The number of halogens is 3. The molecule has 1 heterocycles. The minimum Gasteiger partial charge on any atom is -0.370 e. The number of alkyl halides is 3. The molecule has 20 heavy (non-hydrogen) atoms. The minimum absolute atomic E-state index is 0.0599. The van der Waals surface area contributed by atoms with Crippen molar-refractivity contribution < 1.29 is 13.2 Å². The van der Waals surface area contributed by atoms with Crippen LogP contribution < -0.4 is 5.32 Å². The summed E-state index contributed by atoms with van der Waals surface area (Å²) in [6.07, 6.45) is -4.41. The van der Waals surface area contributed by atoms with Crippen molar-refractivity contribution in [1.29, 1.82) is 0 Å². The van der Waals surface area contributed by atoms with Crippen LogP contribution in [-0.4, -0.2) is 16.5 Å². The molecule has 0 bridgehead atoms. The first kappa shape index (κ1) is 14.3. The lowest BCUT2D eigenvalue weighted by Crippen LogP contribution is -2.08. The molecule has 0 fully saturated rings. The smallest absolute Gasteiger partial charge is 0.370 e. The average molecular weight is 281 g/mol. The number of hydrogen-bond acceptors (Lipinski definition) is 3. The third-order valence-corrected chi connectivity index (χ3v) is 2.70. The largest absolute Gasteiger partial charge is 0.417 e. The molecule has 0 saturated heterocycles. The summed E-state index contributed by atoms with van der Waals surface area (Å²) in [6.45, 7) is 4.18. The molecule has 1 aromatic heterocycles. The first-order valence-electron chi connectivity index (χ1n) is 6.18. The van der Waals surface area contributed by atoms with Gasteiger partial charge in [-0.05, 0) is 19.9 Å². The van der Waals surface area contributed by atoms with Crippen LogP contribution in [0.2, 0.25) is 0 Å². The molecule has 0 saturated carbocycles. The lowest BCUT2D eigenvalue weighted by Gasteiger charge is -2.13. The van der Waals surface area contributed by atoms with Crippen LogP contribution in [0.4, 0.5) is 19.0 Å². The maximum Gasteiger partial charge on any atom is 0.417 e. The fraction of sp³-hybridized carbons (Fsp3) is 0.286. The molecule has 1 aromatic carbocycles. The third kappa shape index (κ3) is 3.07. The van der Waals surface area contributed by atoms with E-state index in [4.69, 9.17) is 0 Å². The molecule has 0 atom stereocenters. The van der Waals surface area contributed by atoms with E-state index >= 15 is 0 Å². The number of aromatic nitrogens is 2. The zero-order valence-corrected chi connectivity index (χ0v) is 11.1. The van der Waals surface area contributed by atoms with Gasteiger partial charge in [-0.15, -0.1) is 0 Å². The van der Waals surface area contributed by atoms with E-state index in [1.807, 2.05) is 6.92 Å². The number of benzene rings is 1. The Bertz CT molecular complexity index is 609. The van der Waals surface area contributed by atoms with Crippen molar-refractivity contribution in [3.8, 4) is 11.3 Å². The SMILES string of the molecule is CCNc1cc(-c2ccccc2C(F)(F)F)nc(C)n1. The van der Waals surface area contributed by atoms with Crippen LogP contribution in [0.5, 0.6) is 0 Å². The van der Waals surface area contributed by atoms with Gasteiger partial charge in [0.15, 0.2) is 0 Å². The van der Waals surface area contributed by atoms with Crippen LogP contribution >= 0.6 is 0 Å². The molecule has 2 rings (SSSR count). The highest BCUT2D eigenvalue weighted by atomic mass is 19.4. The molecule has 0 aliphatic rings. The first-order chi connectivity index (χ1) is 9.41. The zero-order valence-electron chi connectivity index (χ0n) is 11.1. The fourth-order valence-corrected chi connectivity index (χ4v) is 1.93. The summed E-state index contributed by atoms with van der Waals surface area (Å²) < 4.78 is 39.1. The molecular formula is C14H14F3N3. The maximum atomic E-state index is 13.0. The van der Waals surface area contributed by atoms with Gasteiger partial charge in [-0.3, -0.25) is 0 Å². The third-order valence-electron chi connectivity index (χ3n) is 2.70. The van der Waals surface area contributed by atoms with Gasteiger partial charge < -0.3 is 5.32 Å². The summed E-state index contributed by atoms with van der Waals surface area (Å²) in [5.74, 6) is 0.947. The van der Waals surface area contributed by atoms with E-state index < -0.39 is 11.7 Å². The molecule has 0 radical (unpaired) electrons. The summed E-state index contributed by atoms with van der Waals surface area (Å²) in [5.41, 5.74) is -0.369. The quantitative estimate of drug-likeness (QED) is 0.927. The van der Waals surface area contributed by atoms with Gasteiger partial charge >= 0.3 is 6.18 Å². The van der Waals surface area contributed by atoms with Crippen LogP contribution in [0.3, 0.4) is 0 Å². The van der Waals surface area contributed by atoms with Crippen LogP contribution in [-0.2, 0) is 6.18 Å². The molecule has 0 unspecified atom stereocenters. The van der Waals surface area contributed by atoms with Crippen molar-refractivity contribution in [3.63, 3.8) is 0 Å². The van der Waals surface area contributed by atoms with Gasteiger partial charge in [0, 0.05) is 18.2 Å². The van der Waals surface area contributed by atoms with Crippen LogP contribution in [0, 0.1) is 6.92 Å². The van der Waals surface area contributed by atoms with Crippen molar-refractivity contribution >= 4 is 5.82 Å². The average Bonchev–Trinajstić information content (AvgIpc) is 2.37. The van der Waals surface area contributed by atoms with Gasteiger partial charge in [-0.1, -0.05) is 18.2 Å². The van der Waals surface area contributed by atoms with Crippen LogP contribution in [0.25, 0.3) is 11.3 Å². The Morgan fingerprint density at radius 2 is 1.85 bits per heavy atom. The summed E-state index contributed by atoms with van der Waals surface area (Å²) >= 11 is 0. The van der Waals surface area contributed by atoms with E-state index in [-0.39, 0.29) is 11.3 Å². The van der Waals surface area contributed by atoms with Crippen molar-refractivity contribution in [3.05, 3.63) is 41.7 Å². The maximum absolute atomic E-state index is 13.0. The molecule has 2 aromatic rings. The minimum atomic E-state index is -4.41. The lowest BCUT2D eigenvalue weighted by molar-refractivity contribution is -0.137. The highest BCUT2D eigenvalue weighted by Gasteiger charge is 2.33. The second kappa shape index (κ2) is 5.48. The molecule has 6 heteroatoms. The predicted octanol–water partition coefficient (Wildman–Crippen LogP) is 3.90. The second-order valence-electron chi connectivity index (χ2n) is 4.26. The first-order valence-corrected chi connectivity index (χ1v) is 6.18. The van der Waals surface area contributed by atoms with Crippen molar-refractivity contribution in [2.75, 3.05) is 11.9 Å². The monoisotopic (exact) mass is 281 g/mol. The van der Waals surface area contributed by atoms with Crippen LogP contribution in [0.1, 0.15) is 18.3 Å². The highest BCUT2D eigenvalue weighted by Crippen LogP contribution is 2.36. The van der Waals surface area contributed by atoms with E-state index in [9.17, 15) is 13.2 Å². The van der Waals surface area contributed by atoms with Crippen LogP contribution in [0.15, 0.2) is 30.3 Å². The van der Waals surface area contributed by atoms with Gasteiger partial charge in [-0.25, -0.2) is 9.97 Å². The molecule has 0 aliphatic carbocycles. The Morgan fingerprint density at radius 1 is 1.15 bits per heavy atom. The van der Waals surface area contributed by atoms with Gasteiger partial charge in [-0.2, -0.15) is 13.2 Å². The van der Waals surface area contributed by atoms with E-state index in [2.05, 4.69) is 15.3 Å². The van der Waals surface area contributed by atoms with E-state index in [0.29, 0.717) is 18.2 Å². The van der Waals surface area contributed by atoms with Crippen molar-refractivity contribution in [1.82, 2.24) is 9.97 Å². The normalized spacial score (nSPS) is 11.4. The highest BCUT2D eigenvalue weighted by molar-refractivity contribution is 5.67. The molecule has 0 spiro atoms. The number of hydrogen-bond donors (Lipinski definition) is 1. The summed E-state index contributed by atoms with van der Waals surface area (Å²) in [6, 6.07) is 6.93. The zero-order chi connectivity index (χ0) is 14.8. The molecule has 106 valence electrons. The number of nitrogens with one attached hydrogen (secondary N) is 1. The Balaban J connectivity index is 2.57. The summed E-state index contributed by atoms with van der Waals surface area (Å²) in [4.78, 5) is 8.25. The molecule has 3 nitrogen and oxygen atoms in total. The number of anilines is 1. The Hall–Kier alpha value is -2.11. The molecule has 0 amide bonds. The molecular weight excluding hydrogens is 267 g/mol.